The Morgan fingerprint density at radius 1 is 1.17 bits per heavy atom. The molecule has 0 radical (unpaired) electrons. The van der Waals surface area contributed by atoms with Gasteiger partial charge in [-0.3, -0.25) is 13.9 Å². The number of aryl methyl sites for hydroxylation is 1. The number of nitrogens with zero attached hydrogens (tertiary/aromatic N) is 7. The first kappa shape index (κ1) is 26.1. The molecular weight excluding hydrogens is 551 g/mol. The molecule has 1 aromatic carbocycles. The minimum Gasteiger partial charge on any atom is -0.320 e. The summed E-state index contributed by atoms with van der Waals surface area (Å²) in [5.41, 5.74) is 3.18. The molecule has 1 saturated carbocycles. The maximum atomic E-state index is 14.3. The van der Waals surface area contributed by atoms with E-state index in [0.29, 0.717) is 30.3 Å². The average Bonchev–Trinajstić information content (AvgIpc) is 3.64. The first-order valence-electron chi connectivity index (χ1n) is 13.7. The van der Waals surface area contributed by atoms with Crippen molar-refractivity contribution in [2.24, 2.45) is 13.0 Å². The highest BCUT2D eigenvalue weighted by Gasteiger charge is 2.36. The Hall–Kier alpha value is -3.77. The van der Waals surface area contributed by atoms with Crippen LogP contribution in [0.5, 0.6) is 0 Å². The number of thiazole rings is 1. The predicted octanol–water partition coefficient (Wildman–Crippen LogP) is 5.18. The van der Waals surface area contributed by atoms with E-state index in [1.807, 2.05) is 29.8 Å². The summed E-state index contributed by atoms with van der Waals surface area (Å²) in [6, 6.07) is 8.67. The lowest BCUT2D eigenvalue weighted by Gasteiger charge is -2.33. The van der Waals surface area contributed by atoms with Crippen LogP contribution in [0.25, 0.3) is 11.2 Å². The number of aromatic nitrogens is 6. The molecule has 1 atom stereocenters. The number of rotatable bonds is 6. The summed E-state index contributed by atoms with van der Waals surface area (Å²) in [4.78, 5) is 21.3. The Morgan fingerprint density at radius 3 is 2.76 bits per heavy atom. The van der Waals surface area contributed by atoms with Crippen LogP contribution in [-0.4, -0.2) is 40.2 Å². The van der Waals surface area contributed by atoms with Crippen molar-refractivity contribution in [2.75, 3.05) is 6.54 Å². The molecule has 1 aliphatic heterocycles. The molecule has 7 rings (SSSR count). The predicted molar refractivity (Wildman–Crippen MR) is 148 cm³/mol. The van der Waals surface area contributed by atoms with Gasteiger partial charge in [0.1, 0.15) is 12.2 Å². The molecule has 0 bridgehead atoms. The summed E-state index contributed by atoms with van der Waals surface area (Å²) in [5, 5.41) is 8.43. The minimum absolute atomic E-state index is 0.0101. The number of fused-ring (bicyclic) bond motifs is 2. The van der Waals surface area contributed by atoms with Crippen LogP contribution in [0.2, 0.25) is 0 Å². The zero-order valence-electron chi connectivity index (χ0n) is 22.4. The average molecular weight is 580 g/mol. The van der Waals surface area contributed by atoms with Crippen molar-refractivity contribution >= 4 is 16.9 Å². The van der Waals surface area contributed by atoms with Gasteiger partial charge < -0.3 is 4.57 Å². The summed E-state index contributed by atoms with van der Waals surface area (Å²) in [7, 11) is 1.91. The van der Waals surface area contributed by atoms with Gasteiger partial charge in [0.05, 0.1) is 28.0 Å². The highest BCUT2D eigenvalue weighted by molar-refractivity contribution is 7.09. The minimum atomic E-state index is -4.62. The first-order chi connectivity index (χ1) is 19.8. The molecule has 1 fully saturated rings. The monoisotopic (exact) mass is 579 g/mol. The standard InChI is InChI=1S/C29H28F3N7OS/c1-36-16-34-35-27(36)26(19-4-2-5-19)20-6-3-7-21(11-20)38-15-24-22(29(30,31)32)10-18(13-39(24)28(38)40)12-37-9-8-25-23(14-37)33-17-41-25/h3,6-7,10-11,13,15-17,19,26H,2,4-5,8-9,12,14H2,1H3/t26-/m1/s1. The largest absolute Gasteiger partial charge is 0.418 e. The fourth-order valence-electron chi connectivity index (χ4n) is 6.16. The van der Waals surface area contributed by atoms with Gasteiger partial charge in [-0.05, 0) is 54.5 Å². The van der Waals surface area contributed by atoms with Crippen LogP contribution >= 0.6 is 11.3 Å². The van der Waals surface area contributed by atoms with Crippen molar-refractivity contribution in [3.8, 4) is 5.69 Å². The number of halogens is 3. The van der Waals surface area contributed by atoms with E-state index in [2.05, 4.69) is 20.1 Å². The van der Waals surface area contributed by atoms with Gasteiger partial charge >= 0.3 is 11.9 Å². The van der Waals surface area contributed by atoms with Crippen LogP contribution in [-0.2, 0) is 32.7 Å². The van der Waals surface area contributed by atoms with Crippen LogP contribution in [0.15, 0.2) is 59.4 Å². The van der Waals surface area contributed by atoms with Gasteiger partial charge in [-0.1, -0.05) is 18.6 Å². The van der Waals surface area contributed by atoms with Crippen LogP contribution in [0, 0.1) is 5.92 Å². The van der Waals surface area contributed by atoms with Gasteiger partial charge in [-0.25, -0.2) is 9.78 Å². The van der Waals surface area contributed by atoms with Gasteiger partial charge in [0.25, 0.3) is 0 Å². The molecule has 0 amide bonds. The Morgan fingerprint density at radius 2 is 2.02 bits per heavy atom. The summed E-state index contributed by atoms with van der Waals surface area (Å²) in [6.07, 6.45) is 3.99. The van der Waals surface area contributed by atoms with Crippen LogP contribution in [0.3, 0.4) is 0 Å². The zero-order chi connectivity index (χ0) is 28.3. The molecule has 8 nitrogen and oxygen atoms in total. The van der Waals surface area contributed by atoms with E-state index in [-0.39, 0.29) is 11.4 Å². The lowest BCUT2D eigenvalue weighted by Crippen LogP contribution is -2.30. The molecule has 41 heavy (non-hydrogen) atoms. The van der Waals surface area contributed by atoms with Gasteiger partial charge in [0, 0.05) is 49.9 Å². The topological polar surface area (TPSA) is 73.2 Å². The maximum absolute atomic E-state index is 14.3. The van der Waals surface area contributed by atoms with E-state index >= 15 is 0 Å². The van der Waals surface area contributed by atoms with Gasteiger partial charge in [-0.2, -0.15) is 13.2 Å². The summed E-state index contributed by atoms with van der Waals surface area (Å²) in [6.45, 7) is 1.60. The fourth-order valence-corrected chi connectivity index (χ4v) is 6.93. The number of pyridine rings is 1. The van der Waals surface area contributed by atoms with E-state index in [9.17, 15) is 18.0 Å². The van der Waals surface area contributed by atoms with Crippen molar-refractivity contribution in [1.82, 2.24) is 33.6 Å². The zero-order valence-corrected chi connectivity index (χ0v) is 23.2. The van der Waals surface area contributed by atoms with Gasteiger partial charge in [-0.15, -0.1) is 21.5 Å². The summed E-state index contributed by atoms with van der Waals surface area (Å²) >= 11 is 1.61. The SMILES string of the molecule is Cn1cnnc1[C@@H](c1cccc(-n2cc3c(C(F)(F)F)cc(CN4CCc5scnc5C4)cn3c2=O)c1)C1CCC1. The number of hydrogen-bond acceptors (Lipinski definition) is 6. The molecule has 0 N–H and O–H groups in total. The molecule has 4 aromatic heterocycles. The van der Waals surface area contributed by atoms with E-state index in [4.69, 9.17) is 0 Å². The highest BCUT2D eigenvalue weighted by Crippen LogP contribution is 2.43. The quantitative estimate of drug-likeness (QED) is 0.277. The second kappa shape index (κ2) is 9.95. The third kappa shape index (κ3) is 4.68. The summed E-state index contributed by atoms with van der Waals surface area (Å²) in [5.74, 6) is 1.23. The van der Waals surface area contributed by atoms with Crippen molar-refractivity contribution in [3.05, 3.63) is 98.1 Å². The normalized spacial score (nSPS) is 17.1. The Kier molecular flexibility index (Phi) is 6.35. The molecule has 212 valence electrons. The fraction of sp³-hybridized carbons (Fsp3) is 0.379. The van der Waals surface area contributed by atoms with Crippen molar-refractivity contribution in [3.63, 3.8) is 0 Å². The number of benzene rings is 1. The number of imidazole rings is 1. The van der Waals surface area contributed by atoms with Gasteiger partial charge in [0.15, 0.2) is 0 Å². The molecular formula is C29H28F3N7OS. The maximum Gasteiger partial charge on any atom is 0.418 e. The Bertz CT molecular complexity index is 1800. The van der Waals surface area contributed by atoms with Crippen molar-refractivity contribution < 1.29 is 13.2 Å². The van der Waals surface area contributed by atoms with Crippen molar-refractivity contribution in [1.29, 1.82) is 0 Å². The van der Waals surface area contributed by atoms with E-state index in [0.717, 1.165) is 53.7 Å². The molecule has 0 saturated heterocycles. The lowest BCUT2D eigenvalue weighted by atomic mass is 9.72. The number of hydrogen-bond donors (Lipinski definition) is 0. The molecule has 5 aromatic rings. The van der Waals surface area contributed by atoms with Gasteiger partial charge in [0.2, 0.25) is 0 Å². The Balaban J connectivity index is 1.28. The van der Waals surface area contributed by atoms with Crippen LogP contribution < -0.4 is 5.69 Å². The Labute approximate surface area is 237 Å². The third-order valence-corrected chi connectivity index (χ3v) is 9.38. The molecule has 0 unspecified atom stereocenters. The lowest BCUT2D eigenvalue weighted by molar-refractivity contribution is -0.136. The van der Waals surface area contributed by atoms with E-state index in [1.54, 1.807) is 35.4 Å². The third-order valence-electron chi connectivity index (χ3n) is 8.44. The van der Waals surface area contributed by atoms with Crippen LogP contribution in [0.4, 0.5) is 13.2 Å². The molecule has 0 spiro atoms. The molecule has 1 aliphatic carbocycles. The number of alkyl halides is 3. The summed E-state index contributed by atoms with van der Waals surface area (Å²) < 4.78 is 47.3. The molecule has 5 heterocycles. The molecule has 12 heteroatoms. The molecule has 2 aliphatic rings. The van der Waals surface area contributed by atoms with Crippen LogP contribution in [0.1, 0.15) is 58.3 Å². The highest BCUT2D eigenvalue weighted by atomic mass is 32.1. The van der Waals surface area contributed by atoms with E-state index < -0.39 is 17.4 Å². The first-order valence-corrected chi connectivity index (χ1v) is 14.6. The second-order valence-electron chi connectivity index (χ2n) is 11.0. The second-order valence-corrected chi connectivity index (χ2v) is 12.0. The van der Waals surface area contributed by atoms with E-state index in [1.165, 1.54) is 21.7 Å². The van der Waals surface area contributed by atoms with Crippen molar-refractivity contribution in [2.45, 2.75) is 50.9 Å². The smallest absolute Gasteiger partial charge is 0.320 e.